The van der Waals surface area contributed by atoms with Gasteiger partial charge in [-0.15, -0.1) is 11.8 Å². The average Bonchev–Trinajstić information content (AvgIpc) is 2.62. The van der Waals surface area contributed by atoms with Crippen molar-refractivity contribution in [3.63, 3.8) is 0 Å². The van der Waals surface area contributed by atoms with Crippen LogP contribution in [0.4, 0.5) is 0 Å². The third-order valence-electron chi connectivity index (χ3n) is 3.57. The molecule has 0 aliphatic heterocycles. The summed E-state index contributed by atoms with van der Waals surface area (Å²) in [6.07, 6.45) is 0.531. The van der Waals surface area contributed by atoms with Gasteiger partial charge >= 0.3 is 5.97 Å². The zero-order chi connectivity index (χ0) is 18.1. The zero-order valence-corrected chi connectivity index (χ0v) is 14.8. The van der Waals surface area contributed by atoms with E-state index in [1.54, 1.807) is 18.9 Å². The number of benzene rings is 2. The Kier molecular flexibility index (Phi) is 7.35. The summed E-state index contributed by atoms with van der Waals surface area (Å²) in [5.74, 6) is 0.0761. The number of aliphatic carboxylic acids is 1. The third-order valence-corrected chi connectivity index (χ3v) is 4.59. The summed E-state index contributed by atoms with van der Waals surface area (Å²) in [5, 5.41) is 11.9. The minimum atomic E-state index is -1.03. The number of carboxylic acid groups (broad SMARTS) is 1. The second-order valence-corrected chi connectivity index (χ2v) is 6.59. The number of carbonyl (C=O) groups is 2. The highest BCUT2D eigenvalue weighted by molar-refractivity contribution is 7.99. The second kappa shape index (κ2) is 9.74. The van der Waals surface area contributed by atoms with Gasteiger partial charge in [0.2, 0.25) is 5.91 Å². The Morgan fingerprint density at radius 3 is 2.40 bits per heavy atom. The van der Waals surface area contributed by atoms with Crippen LogP contribution in [0.3, 0.4) is 0 Å². The molecule has 2 aromatic carbocycles. The van der Waals surface area contributed by atoms with E-state index >= 15 is 0 Å². The standard InChI is InChI=1S/C19H21NO4S/c1-24-15-7-9-16(10-8-15)25-12-11-18(21)20-17(19(22)23)13-14-5-3-2-4-6-14/h2-10,17H,11-13H2,1H3,(H,20,21)(H,22,23). The minimum absolute atomic E-state index is 0.259. The Balaban J connectivity index is 1.79. The number of ether oxygens (including phenoxy) is 1. The number of hydrogen-bond acceptors (Lipinski definition) is 4. The van der Waals surface area contributed by atoms with Crippen molar-refractivity contribution in [1.82, 2.24) is 5.32 Å². The number of nitrogens with one attached hydrogen (secondary N) is 1. The first-order valence-electron chi connectivity index (χ1n) is 7.91. The Bertz CT molecular complexity index is 688. The molecule has 0 spiro atoms. The first-order valence-corrected chi connectivity index (χ1v) is 8.90. The first-order chi connectivity index (χ1) is 12.1. The molecule has 5 nitrogen and oxygen atoms in total. The fourth-order valence-corrected chi connectivity index (χ4v) is 3.10. The summed E-state index contributed by atoms with van der Waals surface area (Å²) >= 11 is 1.54. The van der Waals surface area contributed by atoms with E-state index in [0.29, 0.717) is 5.75 Å². The number of amides is 1. The van der Waals surface area contributed by atoms with Gasteiger partial charge in [0.15, 0.2) is 0 Å². The quantitative estimate of drug-likeness (QED) is 0.673. The smallest absolute Gasteiger partial charge is 0.326 e. The van der Waals surface area contributed by atoms with Crippen LogP contribution in [0.1, 0.15) is 12.0 Å². The average molecular weight is 359 g/mol. The van der Waals surface area contributed by atoms with Crippen molar-refractivity contribution in [2.45, 2.75) is 23.8 Å². The van der Waals surface area contributed by atoms with E-state index < -0.39 is 12.0 Å². The van der Waals surface area contributed by atoms with Crippen LogP contribution in [-0.4, -0.2) is 35.9 Å². The minimum Gasteiger partial charge on any atom is -0.497 e. The molecule has 0 saturated carbocycles. The molecule has 0 radical (unpaired) electrons. The molecule has 0 fully saturated rings. The number of thioether (sulfide) groups is 1. The van der Waals surface area contributed by atoms with E-state index in [4.69, 9.17) is 4.74 Å². The van der Waals surface area contributed by atoms with Crippen molar-refractivity contribution in [2.24, 2.45) is 0 Å². The fraction of sp³-hybridized carbons (Fsp3) is 0.263. The van der Waals surface area contributed by atoms with E-state index in [0.717, 1.165) is 16.2 Å². The molecular formula is C19H21NO4S. The fourth-order valence-electron chi connectivity index (χ4n) is 2.25. The van der Waals surface area contributed by atoms with Crippen LogP contribution in [0.2, 0.25) is 0 Å². The van der Waals surface area contributed by atoms with Gasteiger partial charge in [0.1, 0.15) is 11.8 Å². The van der Waals surface area contributed by atoms with E-state index in [-0.39, 0.29) is 18.7 Å². The van der Waals surface area contributed by atoms with Gasteiger partial charge in [-0.2, -0.15) is 0 Å². The van der Waals surface area contributed by atoms with Crippen LogP contribution in [0.15, 0.2) is 59.5 Å². The molecule has 132 valence electrons. The van der Waals surface area contributed by atoms with Crippen LogP contribution >= 0.6 is 11.8 Å². The number of methoxy groups -OCH3 is 1. The van der Waals surface area contributed by atoms with Gasteiger partial charge in [0.05, 0.1) is 7.11 Å². The molecule has 0 bridgehead atoms. The van der Waals surface area contributed by atoms with Crippen molar-refractivity contribution in [1.29, 1.82) is 0 Å². The Labute approximate surface area is 151 Å². The maximum Gasteiger partial charge on any atom is 0.326 e. The van der Waals surface area contributed by atoms with Gasteiger partial charge in [-0.1, -0.05) is 30.3 Å². The van der Waals surface area contributed by atoms with Crippen LogP contribution < -0.4 is 10.1 Å². The largest absolute Gasteiger partial charge is 0.497 e. The molecule has 2 N–H and O–H groups in total. The van der Waals surface area contributed by atoms with E-state index in [1.807, 2.05) is 54.6 Å². The molecule has 0 heterocycles. The third kappa shape index (κ3) is 6.51. The maximum atomic E-state index is 12.0. The summed E-state index contributed by atoms with van der Waals surface area (Å²) in [7, 11) is 1.61. The first kappa shape index (κ1) is 18.9. The van der Waals surface area contributed by atoms with E-state index in [9.17, 15) is 14.7 Å². The lowest BCUT2D eigenvalue weighted by Crippen LogP contribution is -2.42. The molecule has 2 rings (SSSR count). The second-order valence-electron chi connectivity index (χ2n) is 5.42. The molecule has 0 aliphatic carbocycles. The van der Waals surface area contributed by atoms with Crippen molar-refractivity contribution in [3.05, 3.63) is 60.2 Å². The molecule has 0 saturated heterocycles. The molecule has 2 aromatic rings. The molecule has 1 atom stereocenters. The van der Waals surface area contributed by atoms with Crippen molar-refractivity contribution >= 4 is 23.6 Å². The molecule has 6 heteroatoms. The lowest BCUT2D eigenvalue weighted by Gasteiger charge is -2.14. The topological polar surface area (TPSA) is 75.6 Å². The van der Waals surface area contributed by atoms with Gasteiger partial charge < -0.3 is 15.2 Å². The zero-order valence-electron chi connectivity index (χ0n) is 14.0. The molecule has 0 aliphatic rings. The van der Waals surface area contributed by atoms with Gasteiger partial charge in [-0.3, -0.25) is 4.79 Å². The molecule has 0 aromatic heterocycles. The normalized spacial score (nSPS) is 11.6. The lowest BCUT2D eigenvalue weighted by molar-refractivity contribution is -0.141. The predicted octanol–water partition coefficient (Wildman–Crippen LogP) is 2.99. The number of rotatable bonds is 9. The number of carbonyl (C=O) groups excluding carboxylic acids is 1. The maximum absolute atomic E-state index is 12.0. The highest BCUT2D eigenvalue weighted by Gasteiger charge is 2.20. The molecule has 25 heavy (non-hydrogen) atoms. The Morgan fingerprint density at radius 2 is 1.80 bits per heavy atom. The van der Waals surface area contributed by atoms with Gasteiger partial charge in [0, 0.05) is 23.5 Å². The van der Waals surface area contributed by atoms with Gasteiger partial charge in [-0.25, -0.2) is 4.79 Å². The van der Waals surface area contributed by atoms with Crippen LogP contribution in [0.25, 0.3) is 0 Å². The van der Waals surface area contributed by atoms with Crippen molar-refractivity contribution in [2.75, 3.05) is 12.9 Å². The summed E-state index contributed by atoms with van der Waals surface area (Å²) < 4.78 is 5.10. The summed E-state index contributed by atoms with van der Waals surface area (Å²) in [6.45, 7) is 0. The highest BCUT2D eigenvalue weighted by atomic mass is 32.2. The number of carboxylic acids is 1. The SMILES string of the molecule is COc1ccc(SCCC(=O)NC(Cc2ccccc2)C(=O)O)cc1. The van der Waals surface area contributed by atoms with Crippen LogP contribution in [-0.2, 0) is 16.0 Å². The summed E-state index contributed by atoms with van der Waals surface area (Å²) in [5.41, 5.74) is 0.878. The summed E-state index contributed by atoms with van der Waals surface area (Å²) in [4.78, 5) is 24.4. The van der Waals surface area contributed by atoms with Gasteiger partial charge in [0.25, 0.3) is 0 Å². The molecule has 1 unspecified atom stereocenters. The van der Waals surface area contributed by atoms with Gasteiger partial charge in [-0.05, 0) is 29.8 Å². The Morgan fingerprint density at radius 1 is 1.12 bits per heavy atom. The summed E-state index contributed by atoms with van der Waals surface area (Å²) in [6, 6.07) is 15.9. The van der Waals surface area contributed by atoms with Crippen LogP contribution in [0, 0.1) is 0 Å². The predicted molar refractivity (Wildman–Crippen MR) is 98.0 cm³/mol. The van der Waals surface area contributed by atoms with E-state index in [1.165, 1.54) is 0 Å². The molecule has 1 amide bonds. The van der Waals surface area contributed by atoms with Crippen molar-refractivity contribution in [3.8, 4) is 5.75 Å². The number of hydrogen-bond donors (Lipinski definition) is 2. The molecular weight excluding hydrogens is 338 g/mol. The Hall–Kier alpha value is -2.47. The monoisotopic (exact) mass is 359 g/mol. The lowest BCUT2D eigenvalue weighted by atomic mass is 10.1. The van der Waals surface area contributed by atoms with Crippen molar-refractivity contribution < 1.29 is 19.4 Å². The highest BCUT2D eigenvalue weighted by Crippen LogP contribution is 2.21. The van der Waals surface area contributed by atoms with E-state index in [2.05, 4.69) is 5.32 Å². The van der Waals surface area contributed by atoms with Crippen LogP contribution in [0.5, 0.6) is 5.75 Å².